The van der Waals surface area contributed by atoms with Crippen LogP contribution in [0.2, 0.25) is 0 Å². The Morgan fingerprint density at radius 3 is 2.40 bits per heavy atom. The van der Waals surface area contributed by atoms with Crippen LogP contribution in [0.1, 0.15) is 23.6 Å². The summed E-state index contributed by atoms with van der Waals surface area (Å²) in [6.45, 7) is 5.81. The SMILES string of the molecule is Cc1cccc(N(C(C)C(=O)NCc2ccccc2C)S(C)(=O)=O)c1. The van der Waals surface area contributed by atoms with Gasteiger partial charge in [0, 0.05) is 6.54 Å². The first-order chi connectivity index (χ1) is 11.7. The summed E-state index contributed by atoms with van der Waals surface area (Å²) in [5.41, 5.74) is 3.50. The Bertz CT molecular complexity index is 862. The normalized spacial score (nSPS) is 12.5. The number of hydrogen-bond donors (Lipinski definition) is 1. The zero-order chi connectivity index (χ0) is 18.6. The maximum atomic E-state index is 12.6. The Balaban J connectivity index is 2.20. The molecular weight excluding hydrogens is 336 g/mol. The predicted molar refractivity (Wildman–Crippen MR) is 101 cm³/mol. The van der Waals surface area contributed by atoms with Gasteiger partial charge in [-0.25, -0.2) is 8.42 Å². The smallest absolute Gasteiger partial charge is 0.243 e. The molecule has 0 saturated carbocycles. The van der Waals surface area contributed by atoms with Gasteiger partial charge in [-0.2, -0.15) is 0 Å². The second-order valence-corrected chi connectivity index (χ2v) is 8.08. The molecule has 134 valence electrons. The average molecular weight is 360 g/mol. The summed E-state index contributed by atoms with van der Waals surface area (Å²) in [7, 11) is -3.60. The van der Waals surface area contributed by atoms with Crippen molar-refractivity contribution in [3.8, 4) is 0 Å². The highest BCUT2D eigenvalue weighted by Gasteiger charge is 2.29. The van der Waals surface area contributed by atoms with Gasteiger partial charge in [0.1, 0.15) is 6.04 Å². The molecule has 0 fully saturated rings. The number of hydrogen-bond acceptors (Lipinski definition) is 3. The van der Waals surface area contributed by atoms with Crippen molar-refractivity contribution in [2.75, 3.05) is 10.6 Å². The fraction of sp³-hybridized carbons (Fsp3) is 0.316. The minimum atomic E-state index is -3.60. The summed E-state index contributed by atoms with van der Waals surface area (Å²) >= 11 is 0. The lowest BCUT2D eigenvalue weighted by Gasteiger charge is -2.28. The van der Waals surface area contributed by atoms with Gasteiger partial charge in [-0.15, -0.1) is 0 Å². The van der Waals surface area contributed by atoms with Gasteiger partial charge in [0.15, 0.2) is 0 Å². The van der Waals surface area contributed by atoms with E-state index >= 15 is 0 Å². The lowest BCUT2D eigenvalue weighted by molar-refractivity contribution is -0.122. The predicted octanol–water partition coefficient (Wildman–Crippen LogP) is 2.77. The lowest BCUT2D eigenvalue weighted by Crippen LogP contribution is -2.47. The Hall–Kier alpha value is -2.34. The monoisotopic (exact) mass is 360 g/mol. The van der Waals surface area contributed by atoms with Crippen LogP contribution in [0.5, 0.6) is 0 Å². The van der Waals surface area contributed by atoms with Crippen LogP contribution in [0.25, 0.3) is 0 Å². The second kappa shape index (κ2) is 7.70. The molecule has 0 aliphatic heterocycles. The third kappa shape index (κ3) is 4.82. The number of amides is 1. The summed E-state index contributed by atoms with van der Waals surface area (Å²) in [4.78, 5) is 12.6. The Kier molecular flexibility index (Phi) is 5.85. The first-order valence-corrected chi connectivity index (χ1v) is 9.93. The molecule has 0 heterocycles. The molecule has 25 heavy (non-hydrogen) atoms. The molecule has 2 aromatic rings. The summed E-state index contributed by atoms with van der Waals surface area (Å²) in [5, 5.41) is 2.83. The molecule has 0 aromatic heterocycles. The van der Waals surface area contributed by atoms with E-state index in [0.29, 0.717) is 12.2 Å². The van der Waals surface area contributed by atoms with Crippen LogP contribution < -0.4 is 9.62 Å². The third-order valence-electron chi connectivity index (χ3n) is 4.06. The number of sulfonamides is 1. The highest BCUT2D eigenvalue weighted by Crippen LogP contribution is 2.22. The summed E-state index contributed by atoms with van der Waals surface area (Å²) in [6.07, 6.45) is 1.11. The fourth-order valence-electron chi connectivity index (χ4n) is 2.71. The molecule has 2 aromatic carbocycles. The number of nitrogens with zero attached hydrogens (tertiary/aromatic N) is 1. The van der Waals surface area contributed by atoms with Crippen LogP contribution in [-0.4, -0.2) is 26.6 Å². The molecule has 1 amide bonds. The molecule has 0 aliphatic rings. The largest absolute Gasteiger partial charge is 0.350 e. The van der Waals surface area contributed by atoms with Crippen LogP contribution in [-0.2, 0) is 21.4 Å². The molecule has 6 heteroatoms. The minimum absolute atomic E-state index is 0.338. The molecule has 1 atom stereocenters. The highest BCUT2D eigenvalue weighted by molar-refractivity contribution is 7.92. The van der Waals surface area contributed by atoms with E-state index in [2.05, 4.69) is 5.32 Å². The quantitative estimate of drug-likeness (QED) is 0.861. The lowest BCUT2D eigenvalue weighted by atomic mass is 10.1. The van der Waals surface area contributed by atoms with Crippen molar-refractivity contribution in [1.29, 1.82) is 0 Å². The summed E-state index contributed by atoms with van der Waals surface area (Å²) < 4.78 is 25.7. The minimum Gasteiger partial charge on any atom is -0.350 e. The second-order valence-electron chi connectivity index (χ2n) is 6.22. The van der Waals surface area contributed by atoms with Gasteiger partial charge < -0.3 is 5.32 Å². The van der Waals surface area contributed by atoms with Crippen molar-refractivity contribution in [1.82, 2.24) is 5.32 Å². The van der Waals surface area contributed by atoms with Crippen molar-refractivity contribution >= 4 is 21.6 Å². The molecule has 1 N–H and O–H groups in total. The van der Waals surface area contributed by atoms with Crippen molar-refractivity contribution in [3.05, 3.63) is 65.2 Å². The van der Waals surface area contributed by atoms with Gasteiger partial charge in [-0.3, -0.25) is 9.10 Å². The van der Waals surface area contributed by atoms with Crippen LogP contribution in [0.4, 0.5) is 5.69 Å². The van der Waals surface area contributed by atoms with E-state index < -0.39 is 16.1 Å². The molecule has 0 radical (unpaired) electrons. The molecular formula is C19H24N2O3S. The summed E-state index contributed by atoms with van der Waals surface area (Å²) in [6, 6.07) is 14.0. The Morgan fingerprint density at radius 1 is 1.12 bits per heavy atom. The van der Waals surface area contributed by atoms with Gasteiger partial charge in [0.2, 0.25) is 15.9 Å². The zero-order valence-electron chi connectivity index (χ0n) is 15.0. The Labute approximate surface area is 149 Å². The number of rotatable bonds is 6. The third-order valence-corrected chi connectivity index (χ3v) is 5.30. The number of benzene rings is 2. The van der Waals surface area contributed by atoms with E-state index in [1.54, 1.807) is 25.1 Å². The first kappa shape index (κ1) is 19.0. The fourth-order valence-corrected chi connectivity index (χ4v) is 3.88. The molecule has 0 saturated heterocycles. The van der Waals surface area contributed by atoms with Crippen molar-refractivity contribution in [2.45, 2.75) is 33.4 Å². The van der Waals surface area contributed by atoms with Crippen LogP contribution >= 0.6 is 0 Å². The van der Waals surface area contributed by atoms with Crippen LogP contribution in [0.15, 0.2) is 48.5 Å². The number of carbonyl (C=O) groups is 1. The standard InChI is InChI=1S/C19H24N2O3S/c1-14-8-7-11-18(12-14)21(25(4,23)24)16(3)19(22)20-13-17-10-6-5-9-15(17)2/h5-12,16H,13H2,1-4H3,(H,20,22). The van der Waals surface area contributed by atoms with Crippen molar-refractivity contribution in [3.63, 3.8) is 0 Å². The number of carbonyl (C=O) groups excluding carboxylic acids is 1. The maximum Gasteiger partial charge on any atom is 0.243 e. The van der Waals surface area contributed by atoms with E-state index in [-0.39, 0.29) is 5.91 Å². The maximum absolute atomic E-state index is 12.6. The molecule has 0 spiro atoms. The molecule has 5 nitrogen and oxygen atoms in total. The number of nitrogens with one attached hydrogen (secondary N) is 1. The van der Waals surface area contributed by atoms with Crippen LogP contribution in [0, 0.1) is 13.8 Å². The Morgan fingerprint density at radius 2 is 1.80 bits per heavy atom. The van der Waals surface area contributed by atoms with Gasteiger partial charge in [0.05, 0.1) is 11.9 Å². The molecule has 2 rings (SSSR count). The van der Waals surface area contributed by atoms with Crippen molar-refractivity contribution in [2.24, 2.45) is 0 Å². The molecule has 0 bridgehead atoms. The van der Waals surface area contributed by atoms with Gasteiger partial charge in [-0.1, -0.05) is 36.4 Å². The van der Waals surface area contributed by atoms with E-state index in [1.165, 1.54) is 0 Å². The zero-order valence-corrected chi connectivity index (χ0v) is 15.8. The molecule has 1 unspecified atom stereocenters. The van der Waals surface area contributed by atoms with Gasteiger partial charge >= 0.3 is 0 Å². The van der Waals surface area contributed by atoms with E-state index in [1.807, 2.05) is 44.2 Å². The van der Waals surface area contributed by atoms with Gasteiger partial charge in [0.25, 0.3) is 0 Å². The van der Waals surface area contributed by atoms with E-state index in [0.717, 1.165) is 27.3 Å². The van der Waals surface area contributed by atoms with Crippen molar-refractivity contribution < 1.29 is 13.2 Å². The average Bonchev–Trinajstić information content (AvgIpc) is 2.52. The van der Waals surface area contributed by atoms with Gasteiger partial charge in [-0.05, 0) is 49.6 Å². The highest BCUT2D eigenvalue weighted by atomic mass is 32.2. The van der Waals surface area contributed by atoms with Crippen LogP contribution in [0.3, 0.4) is 0 Å². The molecule has 0 aliphatic carbocycles. The number of anilines is 1. The topological polar surface area (TPSA) is 66.5 Å². The summed E-state index contributed by atoms with van der Waals surface area (Å²) in [5.74, 6) is -0.338. The number of aryl methyl sites for hydroxylation is 2. The first-order valence-electron chi connectivity index (χ1n) is 8.08. The van der Waals surface area contributed by atoms with E-state index in [9.17, 15) is 13.2 Å². The van der Waals surface area contributed by atoms with E-state index in [4.69, 9.17) is 0 Å².